The van der Waals surface area contributed by atoms with Gasteiger partial charge in [-0.25, -0.2) is 17.9 Å². The van der Waals surface area contributed by atoms with Gasteiger partial charge in [0, 0.05) is 10.7 Å². The Morgan fingerprint density at radius 1 is 0.826 bits per heavy atom. The second-order valence-corrected chi connectivity index (χ2v) is 12.7. The summed E-state index contributed by atoms with van der Waals surface area (Å²) in [5.41, 5.74) is 4.52. The first kappa shape index (κ1) is 32.4. The summed E-state index contributed by atoms with van der Waals surface area (Å²) in [7, 11) is -2.95. The normalized spacial score (nSPS) is 11.2. The summed E-state index contributed by atoms with van der Waals surface area (Å²) in [6.07, 6.45) is 0.506. The highest BCUT2D eigenvalue weighted by molar-refractivity contribution is 7.89. The van der Waals surface area contributed by atoms with Crippen LogP contribution in [0.25, 0.3) is 11.1 Å². The van der Waals surface area contributed by atoms with Crippen LogP contribution in [-0.4, -0.2) is 39.1 Å². The van der Waals surface area contributed by atoms with Gasteiger partial charge < -0.3 is 14.7 Å². The average Bonchev–Trinajstić information content (AvgIpc) is 3.08. The van der Waals surface area contributed by atoms with Crippen LogP contribution in [0.1, 0.15) is 27.0 Å². The molecule has 0 heterocycles. The number of esters is 1. The van der Waals surface area contributed by atoms with Crippen molar-refractivity contribution < 1.29 is 27.9 Å². The fourth-order valence-electron chi connectivity index (χ4n) is 5.00. The number of hydrogen-bond donors (Lipinski definition) is 2. The molecule has 5 aromatic rings. The molecule has 0 atom stereocenters. The summed E-state index contributed by atoms with van der Waals surface area (Å²) in [5, 5.41) is 10.7. The Balaban J connectivity index is 1.43. The molecule has 8 nitrogen and oxygen atoms in total. The van der Waals surface area contributed by atoms with E-state index in [-0.39, 0.29) is 28.4 Å². The van der Waals surface area contributed by atoms with E-state index in [0.717, 1.165) is 22.3 Å². The van der Waals surface area contributed by atoms with Gasteiger partial charge in [-0.15, -0.1) is 0 Å². The highest BCUT2D eigenvalue weighted by Gasteiger charge is 2.24. The Morgan fingerprint density at radius 2 is 1.50 bits per heavy atom. The van der Waals surface area contributed by atoms with E-state index < -0.39 is 28.4 Å². The largest absolute Gasteiger partial charge is 0.507 e. The molecule has 234 valence electrons. The Bertz CT molecular complexity index is 1950. The minimum Gasteiger partial charge on any atom is -0.507 e. The van der Waals surface area contributed by atoms with Gasteiger partial charge in [0.2, 0.25) is 15.9 Å². The maximum Gasteiger partial charge on any atom is 0.341 e. The van der Waals surface area contributed by atoms with Crippen LogP contribution < -0.4 is 9.62 Å². The number of anilines is 1. The molecule has 0 saturated heterocycles. The standard InChI is InChI=1S/C36H31ClN2O6S/c1-45-36(42)33-22-30(16-19-34(33)40)39(24-26-12-14-29(37)15-13-26)35(41)23-38-46(43,44)31-17-18-32(27-10-6-3-7-11-27)28(21-31)20-25-8-4-2-5-9-25/h2-19,21-22,38,40H,20,23-24H2,1H3. The number of sulfonamides is 1. The third-order valence-corrected chi connectivity index (χ3v) is 9.03. The van der Waals surface area contributed by atoms with Gasteiger partial charge in [0.1, 0.15) is 11.3 Å². The Morgan fingerprint density at radius 3 is 2.17 bits per heavy atom. The van der Waals surface area contributed by atoms with Crippen molar-refractivity contribution in [3.8, 4) is 16.9 Å². The summed E-state index contributed by atoms with van der Waals surface area (Å²) in [5.74, 6) is -1.70. The molecule has 0 aromatic heterocycles. The molecular formula is C36H31ClN2O6S. The molecule has 0 radical (unpaired) electrons. The van der Waals surface area contributed by atoms with Crippen LogP contribution in [0.3, 0.4) is 0 Å². The van der Waals surface area contributed by atoms with Gasteiger partial charge in [0.25, 0.3) is 0 Å². The Labute approximate surface area is 272 Å². The number of aromatic hydroxyl groups is 1. The van der Waals surface area contributed by atoms with Crippen molar-refractivity contribution in [3.05, 3.63) is 149 Å². The molecule has 0 saturated carbocycles. The number of rotatable bonds is 11. The molecule has 2 N–H and O–H groups in total. The van der Waals surface area contributed by atoms with Crippen LogP contribution in [0.4, 0.5) is 5.69 Å². The van der Waals surface area contributed by atoms with Gasteiger partial charge in [0.15, 0.2) is 0 Å². The number of nitrogens with zero attached hydrogens (tertiary/aromatic N) is 1. The maximum atomic E-state index is 13.7. The van der Waals surface area contributed by atoms with Crippen molar-refractivity contribution in [2.45, 2.75) is 17.9 Å². The first-order chi connectivity index (χ1) is 22.1. The van der Waals surface area contributed by atoms with Crippen LogP contribution in [-0.2, 0) is 32.5 Å². The summed E-state index contributed by atoms with van der Waals surface area (Å²) in [6, 6.07) is 35.3. The quantitative estimate of drug-likeness (QED) is 0.155. The smallest absolute Gasteiger partial charge is 0.341 e. The highest BCUT2D eigenvalue weighted by Crippen LogP contribution is 2.29. The van der Waals surface area contributed by atoms with Crippen molar-refractivity contribution in [2.24, 2.45) is 0 Å². The topological polar surface area (TPSA) is 113 Å². The second kappa shape index (κ2) is 14.4. The van der Waals surface area contributed by atoms with Gasteiger partial charge in [-0.3, -0.25) is 4.79 Å². The van der Waals surface area contributed by atoms with Gasteiger partial charge in [-0.2, -0.15) is 0 Å². The summed E-state index contributed by atoms with van der Waals surface area (Å²) < 4.78 is 34.4. The van der Waals surface area contributed by atoms with E-state index in [2.05, 4.69) is 4.72 Å². The average molecular weight is 655 g/mol. The monoisotopic (exact) mass is 654 g/mol. The van der Waals surface area contributed by atoms with E-state index in [1.165, 1.54) is 36.3 Å². The van der Waals surface area contributed by atoms with Crippen molar-refractivity contribution in [2.75, 3.05) is 18.6 Å². The predicted molar refractivity (Wildman–Crippen MR) is 178 cm³/mol. The highest BCUT2D eigenvalue weighted by atomic mass is 35.5. The number of amides is 1. The van der Waals surface area contributed by atoms with Crippen LogP contribution >= 0.6 is 11.6 Å². The van der Waals surface area contributed by atoms with Crippen molar-refractivity contribution >= 4 is 39.2 Å². The Hall–Kier alpha value is -4.96. The lowest BCUT2D eigenvalue weighted by Crippen LogP contribution is -2.40. The molecule has 46 heavy (non-hydrogen) atoms. The van der Waals surface area contributed by atoms with Crippen molar-refractivity contribution in [1.82, 2.24) is 4.72 Å². The number of methoxy groups -OCH3 is 1. The number of ether oxygens (including phenoxy) is 1. The number of hydrogen-bond acceptors (Lipinski definition) is 6. The van der Waals surface area contributed by atoms with E-state index in [1.807, 2.05) is 60.7 Å². The van der Waals surface area contributed by atoms with Gasteiger partial charge in [0.05, 0.1) is 25.1 Å². The van der Waals surface area contributed by atoms with Crippen LogP contribution in [0.2, 0.25) is 5.02 Å². The predicted octanol–water partition coefficient (Wildman–Crippen LogP) is 6.60. The van der Waals surface area contributed by atoms with Gasteiger partial charge in [-0.05, 0) is 76.7 Å². The minimum atomic E-state index is -4.12. The fourth-order valence-corrected chi connectivity index (χ4v) is 6.15. The SMILES string of the molecule is COC(=O)c1cc(N(Cc2ccc(Cl)cc2)C(=O)CNS(=O)(=O)c2ccc(-c3ccccc3)c(Cc3ccccc3)c2)ccc1O. The first-order valence-corrected chi connectivity index (χ1v) is 16.2. The Kier molecular flexibility index (Phi) is 10.2. The number of nitrogens with one attached hydrogen (secondary N) is 1. The third-order valence-electron chi connectivity index (χ3n) is 7.37. The lowest BCUT2D eigenvalue weighted by Gasteiger charge is -2.24. The minimum absolute atomic E-state index is 0.0211. The van der Waals surface area contributed by atoms with Gasteiger partial charge >= 0.3 is 5.97 Å². The molecule has 0 aliphatic carbocycles. The third kappa shape index (κ3) is 7.81. The molecule has 0 unspecified atom stereocenters. The maximum absolute atomic E-state index is 13.7. The number of phenolic OH excluding ortho intramolecular Hbond substituents is 1. The molecule has 0 bridgehead atoms. The fraction of sp³-hybridized carbons (Fsp3) is 0.111. The van der Waals surface area contributed by atoms with E-state index in [1.54, 1.807) is 36.4 Å². The molecule has 0 aliphatic rings. The summed E-state index contributed by atoms with van der Waals surface area (Å²) in [4.78, 5) is 27.3. The number of halogens is 1. The number of carbonyl (C=O) groups excluding carboxylic acids is 2. The summed E-state index contributed by atoms with van der Waals surface area (Å²) in [6.45, 7) is -0.533. The molecule has 10 heteroatoms. The second-order valence-electron chi connectivity index (χ2n) is 10.5. The lowest BCUT2D eigenvalue weighted by atomic mass is 9.95. The number of phenols is 1. The molecule has 5 rings (SSSR count). The van der Waals surface area contributed by atoms with E-state index >= 15 is 0 Å². The lowest BCUT2D eigenvalue weighted by molar-refractivity contribution is -0.117. The van der Waals surface area contributed by atoms with Crippen molar-refractivity contribution in [3.63, 3.8) is 0 Å². The zero-order valence-electron chi connectivity index (χ0n) is 24.9. The van der Waals surface area contributed by atoms with Crippen LogP contribution in [0.5, 0.6) is 5.75 Å². The van der Waals surface area contributed by atoms with E-state index in [4.69, 9.17) is 16.3 Å². The molecule has 1 amide bonds. The van der Waals surface area contributed by atoms with E-state index in [9.17, 15) is 23.1 Å². The molecule has 0 fully saturated rings. The molecule has 0 spiro atoms. The van der Waals surface area contributed by atoms with E-state index in [0.29, 0.717) is 17.0 Å². The molecular weight excluding hydrogens is 624 g/mol. The molecule has 0 aliphatic heterocycles. The first-order valence-electron chi connectivity index (χ1n) is 14.3. The van der Waals surface area contributed by atoms with Gasteiger partial charge in [-0.1, -0.05) is 90.5 Å². The summed E-state index contributed by atoms with van der Waals surface area (Å²) >= 11 is 6.04. The van der Waals surface area contributed by atoms with Crippen molar-refractivity contribution in [1.29, 1.82) is 0 Å². The zero-order valence-corrected chi connectivity index (χ0v) is 26.5. The number of benzene rings is 5. The van der Waals surface area contributed by atoms with Crippen LogP contribution in [0.15, 0.2) is 126 Å². The molecule has 5 aromatic carbocycles. The zero-order chi connectivity index (χ0) is 32.7. The number of carbonyl (C=O) groups is 2. The van der Waals surface area contributed by atoms with Crippen LogP contribution in [0, 0.1) is 0 Å².